The lowest BCUT2D eigenvalue weighted by Crippen LogP contribution is -2.51. The normalized spacial score (nSPS) is 24.4. The number of amides is 2. The molecule has 0 aromatic carbocycles. The molecule has 2 rings (SSSR count). The molecule has 1 saturated carbocycles. The summed E-state index contributed by atoms with van der Waals surface area (Å²) in [5.74, 6) is -0.856. The molecule has 0 spiro atoms. The molecule has 1 aliphatic carbocycles. The van der Waals surface area contributed by atoms with Gasteiger partial charge in [-0.05, 0) is 31.6 Å². The highest BCUT2D eigenvalue weighted by molar-refractivity contribution is 7.91. The summed E-state index contributed by atoms with van der Waals surface area (Å²) in [5.41, 5.74) is 0. The van der Waals surface area contributed by atoms with Gasteiger partial charge < -0.3 is 15.7 Å². The van der Waals surface area contributed by atoms with Crippen LogP contribution in [-0.4, -0.2) is 49.1 Å². The zero-order valence-corrected chi connectivity index (χ0v) is 11.3. The second kappa shape index (κ2) is 5.36. The molecule has 2 amide bonds. The fourth-order valence-electron chi connectivity index (χ4n) is 2.21. The first kappa shape index (κ1) is 14.1. The number of hydrogen-bond donors (Lipinski definition) is 3. The van der Waals surface area contributed by atoms with Gasteiger partial charge in [0.2, 0.25) is 0 Å². The summed E-state index contributed by atoms with van der Waals surface area (Å²) in [4.78, 5) is 22.7. The fraction of sp³-hybridized carbons (Fsp3) is 0.818. The molecule has 2 aliphatic rings. The zero-order chi connectivity index (χ0) is 14.0. The Hall–Kier alpha value is -1.31. The molecule has 0 aromatic rings. The summed E-state index contributed by atoms with van der Waals surface area (Å²) in [6, 6.07) is -1.56. The largest absolute Gasteiger partial charge is 0.480 e. The van der Waals surface area contributed by atoms with Crippen LogP contribution in [0.5, 0.6) is 0 Å². The predicted octanol–water partition coefficient (Wildman–Crippen LogP) is -0.274. The van der Waals surface area contributed by atoms with Crippen molar-refractivity contribution in [3.05, 3.63) is 0 Å². The molecule has 108 valence electrons. The van der Waals surface area contributed by atoms with Crippen molar-refractivity contribution in [3.63, 3.8) is 0 Å². The molecule has 0 aromatic heterocycles. The molecular formula is C11H18N2O5S. The van der Waals surface area contributed by atoms with Gasteiger partial charge >= 0.3 is 12.0 Å². The third kappa shape index (κ3) is 4.09. The predicted molar refractivity (Wildman–Crippen MR) is 67.5 cm³/mol. The van der Waals surface area contributed by atoms with Crippen LogP contribution in [0.2, 0.25) is 0 Å². The van der Waals surface area contributed by atoms with Crippen LogP contribution in [0.25, 0.3) is 0 Å². The van der Waals surface area contributed by atoms with E-state index in [1.54, 1.807) is 0 Å². The molecule has 19 heavy (non-hydrogen) atoms. The van der Waals surface area contributed by atoms with Crippen molar-refractivity contribution in [3.8, 4) is 0 Å². The second-order valence-corrected chi connectivity index (χ2v) is 7.50. The lowest BCUT2D eigenvalue weighted by Gasteiger charge is -2.24. The Labute approximate surface area is 111 Å². The van der Waals surface area contributed by atoms with Crippen LogP contribution >= 0.6 is 0 Å². The molecule has 1 unspecified atom stereocenters. The zero-order valence-electron chi connectivity index (χ0n) is 10.5. The van der Waals surface area contributed by atoms with Crippen molar-refractivity contribution in [1.82, 2.24) is 10.6 Å². The van der Waals surface area contributed by atoms with Crippen molar-refractivity contribution < 1.29 is 23.1 Å². The number of rotatable bonds is 4. The average molecular weight is 290 g/mol. The van der Waals surface area contributed by atoms with Gasteiger partial charge in [0, 0.05) is 6.04 Å². The Morgan fingerprint density at radius 2 is 1.68 bits per heavy atom. The molecule has 2 fully saturated rings. The minimum atomic E-state index is -2.96. The number of nitrogens with one attached hydrogen (secondary N) is 2. The smallest absolute Gasteiger partial charge is 0.326 e. The van der Waals surface area contributed by atoms with Crippen molar-refractivity contribution in [2.24, 2.45) is 5.92 Å². The number of sulfone groups is 1. The van der Waals surface area contributed by atoms with Gasteiger partial charge in [0.15, 0.2) is 0 Å². The Kier molecular flexibility index (Phi) is 3.98. The number of carbonyl (C=O) groups excluding carboxylic acids is 1. The molecule has 1 saturated heterocycles. The maximum absolute atomic E-state index is 11.7. The van der Waals surface area contributed by atoms with Crippen molar-refractivity contribution in [2.45, 2.75) is 37.8 Å². The monoisotopic (exact) mass is 290 g/mol. The van der Waals surface area contributed by atoms with E-state index >= 15 is 0 Å². The minimum Gasteiger partial charge on any atom is -0.480 e. The van der Waals surface area contributed by atoms with Gasteiger partial charge in [-0.1, -0.05) is 0 Å². The summed E-state index contributed by atoms with van der Waals surface area (Å²) in [6.07, 6.45) is 2.41. The van der Waals surface area contributed by atoms with Crippen molar-refractivity contribution in [1.29, 1.82) is 0 Å². The second-order valence-electron chi connectivity index (χ2n) is 5.20. The molecule has 1 atom stereocenters. The number of urea groups is 1. The van der Waals surface area contributed by atoms with Crippen LogP contribution < -0.4 is 10.6 Å². The van der Waals surface area contributed by atoms with Gasteiger partial charge in [-0.15, -0.1) is 0 Å². The Bertz CT molecular complexity index is 457. The average Bonchev–Trinajstić information content (AvgIpc) is 3.12. The summed E-state index contributed by atoms with van der Waals surface area (Å²) in [6.45, 7) is 0. The van der Waals surface area contributed by atoms with E-state index in [0.29, 0.717) is 12.8 Å². The van der Waals surface area contributed by atoms with Crippen molar-refractivity contribution in [2.75, 3.05) is 11.5 Å². The van der Waals surface area contributed by atoms with Gasteiger partial charge in [0.25, 0.3) is 0 Å². The number of carbonyl (C=O) groups is 2. The molecule has 8 heteroatoms. The van der Waals surface area contributed by atoms with E-state index in [9.17, 15) is 18.0 Å². The molecular weight excluding hydrogens is 272 g/mol. The highest BCUT2D eigenvalue weighted by Gasteiger charge is 2.37. The van der Waals surface area contributed by atoms with E-state index in [1.165, 1.54) is 0 Å². The van der Waals surface area contributed by atoms with E-state index < -0.39 is 27.9 Å². The standard InChI is InChI=1S/C11H18N2O5S/c14-10(15)9(7-1-2-7)13-11(16)12-8-3-5-19(17,18)6-4-8/h7-9H,1-6H2,(H,14,15)(H2,12,13,16). The maximum Gasteiger partial charge on any atom is 0.326 e. The first-order chi connectivity index (χ1) is 8.87. The minimum absolute atomic E-state index is 0.0231. The molecule has 0 radical (unpaired) electrons. The SMILES string of the molecule is O=C(NC1CCS(=O)(=O)CC1)NC(C(=O)O)C1CC1. The summed E-state index contributed by atoms with van der Waals surface area (Å²) in [5, 5.41) is 14.1. The summed E-state index contributed by atoms with van der Waals surface area (Å²) in [7, 11) is -2.96. The van der Waals surface area contributed by atoms with Crippen molar-refractivity contribution >= 4 is 21.8 Å². The quantitative estimate of drug-likeness (QED) is 0.659. The van der Waals surface area contributed by atoms with Crippen LogP contribution in [0.4, 0.5) is 4.79 Å². The van der Waals surface area contributed by atoms with E-state index in [-0.39, 0.29) is 23.5 Å². The first-order valence-electron chi connectivity index (χ1n) is 6.37. The van der Waals surface area contributed by atoms with Crippen LogP contribution in [0, 0.1) is 5.92 Å². The van der Waals surface area contributed by atoms with E-state index in [0.717, 1.165) is 12.8 Å². The first-order valence-corrected chi connectivity index (χ1v) is 8.20. The Balaban J connectivity index is 1.79. The van der Waals surface area contributed by atoms with Gasteiger partial charge in [-0.3, -0.25) is 0 Å². The van der Waals surface area contributed by atoms with Crippen LogP contribution in [-0.2, 0) is 14.6 Å². The lowest BCUT2D eigenvalue weighted by atomic mass is 10.1. The van der Waals surface area contributed by atoms with Crippen LogP contribution in [0.15, 0.2) is 0 Å². The van der Waals surface area contributed by atoms with E-state index in [4.69, 9.17) is 5.11 Å². The highest BCUT2D eigenvalue weighted by atomic mass is 32.2. The molecule has 3 N–H and O–H groups in total. The topological polar surface area (TPSA) is 113 Å². The highest BCUT2D eigenvalue weighted by Crippen LogP contribution is 2.32. The third-order valence-corrected chi connectivity index (χ3v) is 5.25. The van der Waals surface area contributed by atoms with Gasteiger partial charge in [-0.25, -0.2) is 18.0 Å². The van der Waals surface area contributed by atoms with Crippen LogP contribution in [0.3, 0.4) is 0 Å². The lowest BCUT2D eigenvalue weighted by molar-refractivity contribution is -0.139. The number of aliphatic carboxylic acids is 1. The molecule has 7 nitrogen and oxygen atoms in total. The summed E-state index contributed by atoms with van der Waals surface area (Å²) < 4.78 is 22.5. The van der Waals surface area contributed by atoms with Gasteiger partial charge in [0.05, 0.1) is 11.5 Å². The Morgan fingerprint density at radius 3 is 2.16 bits per heavy atom. The number of hydrogen-bond acceptors (Lipinski definition) is 4. The Morgan fingerprint density at radius 1 is 1.11 bits per heavy atom. The molecule has 0 bridgehead atoms. The molecule has 1 aliphatic heterocycles. The fourth-order valence-corrected chi connectivity index (χ4v) is 3.70. The van der Waals surface area contributed by atoms with Crippen LogP contribution in [0.1, 0.15) is 25.7 Å². The number of carboxylic acids is 1. The van der Waals surface area contributed by atoms with Gasteiger partial charge in [0.1, 0.15) is 15.9 Å². The maximum atomic E-state index is 11.7. The van der Waals surface area contributed by atoms with E-state index in [1.807, 2.05) is 0 Å². The van der Waals surface area contributed by atoms with Gasteiger partial charge in [-0.2, -0.15) is 0 Å². The number of carboxylic acid groups (broad SMARTS) is 1. The molecule has 1 heterocycles. The van der Waals surface area contributed by atoms with E-state index in [2.05, 4.69) is 10.6 Å². The summed E-state index contributed by atoms with van der Waals surface area (Å²) >= 11 is 0. The third-order valence-electron chi connectivity index (χ3n) is 3.54.